The molecule has 1 heterocycles. The number of nitriles is 1. The molecule has 2 N–H and O–H groups in total. The van der Waals surface area contributed by atoms with Crippen LogP contribution >= 0.6 is 0 Å². The van der Waals surface area contributed by atoms with Crippen molar-refractivity contribution in [3.05, 3.63) is 35.7 Å². The lowest BCUT2D eigenvalue weighted by Gasteiger charge is -2.12. The zero-order chi connectivity index (χ0) is 15.2. The van der Waals surface area contributed by atoms with E-state index in [0.717, 1.165) is 18.1 Å². The summed E-state index contributed by atoms with van der Waals surface area (Å²) >= 11 is 0. The second-order valence-electron chi connectivity index (χ2n) is 4.37. The molecule has 0 saturated carbocycles. The van der Waals surface area contributed by atoms with E-state index in [9.17, 15) is 0 Å². The summed E-state index contributed by atoms with van der Waals surface area (Å²) in [5.41, 5.74) is 1.29. The lowest BCUT2D eigenvalue weighted by atomic mass is 10.2. The quantitative estimate of drug-likeness (QED) is 0.878. The number of aryl methyl sites for hydroxylation is 1. The molecule has 0 radical (unpaired) electrons. The van der Waals surface area contributed by atoms with Gasteiger partial charge in [-0.25, -0.2) is 9.97 Å². The largest absolute Gasteiger partial charge is 0.495 e. The van der Waals surface area contributed by atoms with Gasteiger partial charge in [0.1, 0.15) is 23.2 Å². The first-order chi connectivity index (χ1) is 10.2. The van der Waals surface area contributed by atoms with Crippen LogP contribution in [0.2, 0.25) is 0 Å². The molecule has 0 unspecified atom stereocenters. The molecule has 108 valence electrons. The topological polar surface area (TPSA) is 82.9 Å². The maximum Gasteiger partial charge on any atom is 0.143 e. The van der Waals surface area contributed by atoms with Gasteiger partial charge in [-0.1, -0.05) is 0 Å². The molecule has 0 fully saturated rings. The second-order valence-corrected chi connectivity index (χ2v) is 4.37. The molecule has 2 rings (SSSR count). The van der Waals surface area contributed by atoms with E-state index in [2.05, 4.69) is 26.7 Å². The van der Waals surface area contributed by atoms with Gasteiger partial charge in [0.15, 0.2) is 0 Å². The minimum Gasteiger partial charge on any atom is -0.495 e. The highest BCUT2D eigenvalue weighted by Gasteiger charge is 2.07. The van der Waals surface area contributed by atoms with E-state index < -0.39 is 0 Å². The standard InChI is InChI=1S/C15H17N5O/c1-4-17-14-8-15(19-10(2)18-14)20-12-6-5-11(9-16)7-13(12)21-3/h5-8H,4H2,1-3H3,(H2,17,18,19,20). The minimum absolute atomic E-state index is 0.546. The van der Waals surface area contributed by atoms with E-state index in [-0.39, 0.29) is 0 Å². The zero-order valence-corrected chi connectivity index (χ0v) is 12.3. The van der Waals surface area contributed by atoms with Gasteiger partial charge in [0, 0.05) is 18.7 Å². The van der Waals surface area contributed by atoms with E-state index in [1.165, 1.54) is 0 Å². The van der Waals surface area contributed by atoms with E-state index >= 15 is 0 Å². The molecular weight excluding hydrogens is 266 g/mol. The van der Waals surface area contributed by atoms with Crippen LogP contribution in [0.3, 0.4) is 0 Å². The Balaban J connectivity index is 2.31. The summed E-state index contributed by atoms with van der Waals surface area (Å²) < 4.78 is 5.30. The fourth-order valence-corrected chi connectivity index (χ4v) is 1.91. The molecule has 0 aliphatic heterocycles. The highest BCUT2D eigenvalue weighted by Crippen LogP contribution is 2.28. The van der Waals surface area contributed by atoms with Gasteiger partial charge in [-0.2, -0.15) is 5.26 Å². The van der Waals surface area contributed by atoms with Crippen LogP contribution in [0.25, 0.3) is 0 Å². The van der Waals surface area contributed by atoms with Gasteiger partial charge in [0.25, 0.3) is 0 Å². The molecular formula is C15H17N5O. The SMILES string of the molecule is CCNc1cc(Nc2ccc(C#N)cc2OC)nc(C)n1. The lowest BCUT2D eigenvalue weighted by Crippen LogP contribution is -2.04. The molecule has 6 heteroatoms. The molecule has 1 aromatic heterocycles. The van der Waals surface area contributed by atoms with Gasteiger partial charge in [0.2, 0.25) is 0 Å². The Morgan fingerprint density at radius 1 is 1.24 bits per heavy atom. The summed E-state index contributed by atoms with van der Waals surface area (Å²) in [6.07, 6.45) is 0. The van der Waals surface area contributed by atoms with Crippen molar-refractivity contribution >= 4 is 17.3 Å². The Kier molecular flexibility index (Phi) is 4.57. The van der Waals surface area contributed by atoms with Crippen molar-refractivity contribution in [3.63, 3.8) is 0 Å². The first kappa shape index (κ1) is 14.6. The maximum atomic E-state index is 8.92. The van der Waals surface area contributed by atoms with Crippen molar-refractivity contribution in [1.82, 2.24) is 9.97 Å². The second kappa shape index (κ2) is 6.57. The molecule has 2 aromatic rings. The van der Waals surface area contributed by atoms with E-state index in [1.54, 1.807) is 25.3 Å². The molecule has 0 aliphatic rings. The Morgan fingerprint density at radius 3 is 2.67 bits per heavy atom. The summed E-state index contributed by atoms with van der Waals surface area (Å²) in [7, 11) is 1.57. The Labute approximate surface area is 123 Å². The molecule has 0 atom stereocenters. The van der Waals surface area contributed by atoms with Crippen LogP contribution in [0.15, 0.2) is 24.3 Å². The number of hydrogen-bond acceptors (Lipinski definition) is 6. The number of rotatable bonds is 5. The maximum absolute atomic E-state index is 8.92. The predicted octanol–water partition coefficient (Wildman–Crippen LogP) is 2.84. The first-order valence-electron chi connectivity index (χ1n) is 6.61. The third kappa shape index (κ3) is 3.60. The molecule has 21 heavy (non-hydrogen) atoms. The van der Waals surface area contributed by atoms with Crippen LogP contribution in [0, 0.1) is 18.3 Å². The Bertz CT molecular complexity index is 678. The minimum atomic E-state index is 0.546. The van der Waals surface area contributed by atoms with E-state index in [0.29, 0.717) is 23.0 Å². The monoisotopic (exact) mass is 283 g/mol. The van der Waals surface area contributed by atoms with Crippen molar-refractivity contribution < 1.29 is 4.74 Å². The molecule has 0 spiro atoms. The van der Waals surface area contributed by atoms with Gasteiger partial charge in [-0.15, -0.1) is 0 Å². The fraction of sp³-hybridized carbons (Fsp3) is 0.267. The molecule has 6 nitrogen and oxygen atoms in total. The lowest BCUT2D eigenvalue weighted by molar-refractivity contribution is 0.416. The van der Waals surface area contributed by atoms with Crippen LogP contribution in [0.1, 0.15) is 18.3 Å². The first-order valence-corrected chi connectivity index (χ1v) is 6.61. The summed E-state index contributed by atoms with van der Waals surface area (Å²) in [4.78, 5) is 8.65. The van der Waals surface area contributed by atoms with E-state index in [1.807, 2.05) is 19.9 Å². The predicted molar refractivity (Wildman–Crippen MR) is 81.9 cm³/mol. The number of methoxy groups -OCH3 is 1. The van der Waals surface area contributed by atoms with E-state index in [4.69, 9.17) is 10.00 Å². The normalized spacial score (nSPS) is 9.81. The average molecular weight is 283 g/mol. The molecule has 0 bridgehead atoms. The number of ether oxygens (including phenoxy) is 1. The Hall–Kier alpha value is -2.81. The Morgan fingerprint density at radius 2 is 2.00 bits per heavy atom. The van der Waals surface area contributed by atoms with Crippen LogP contribution in [0.4, 0.5) is 17.3 Å². The van der Waals surface area contributed by atoms with Gasteiger partial charge < -0.3 is 15.4 Å². The summed E-state index contributed by atoms with van der Waals surface area (Å²) in [5.74, 6) is 2.69. The highest BCUT2D eigenvalue weighted by atomic mass is 16.5. The number of aromatic nitrogens is 2. The van der Waals surface area contributed by atoms with Crippen LogP contribution in [-0.2, 0) is 0 Å². The van der Waals surface area contributed by atoms with Gasteiger partial charge in [-0.3, -0.25) is 0 Å². The third-order valence-corrected chi connectivity index (χ3v) is 2.79. The number of nitrogens with one attached hydrogen (secondary N) is 2. The van der Waals surface area contributed by atoms with Crippen molar-refractivity contribution in [1.29, 1.82) is 5.26 Å². The van der Waals surface area contributed by atoms with Gasteiger partial charge >= 0.3 is 0 Å². The van der Waals surface area contributed by atoms with Crippen molar-refractivity contribution in [2.24, 2.45) is 0 Å². The average Bonchev–Trinajstić information content (AvgIpc) is 2.47. The molecule has 0 saturated heterocycles. The number of anilines is 3. The third-order valence-electron chi connectivity index (χ3n) is 2.79. The number of hydrogen-bond donors (Lipinski definition) is 2. The van der Waals surface area contributed by atoms with Crippen molar-refractivity contribution in [3.8, 4) is 11.8 Å². The summed E-state index contributed by atoms with van der Waals surface area (Å²) in [6, 6.07) is 9.11. The number of benzene rings is 1. The van der Waals surface area contributed by atoms with Crippen LogP contribution in [0.5, 0.6) is 5.75 Å². The van der Waals surface area contributed by atoms with Crippen molar-refractivity contribution in [2.75, 3.05) is 24.3 Å². The summed E-state index contributed by atoms with van der Waals surface area (Å²) in [5, 5.41) is 15.3. The summed E-state index contributed by atoms with van der Waals surface area (Å²) in [6.45, 7) is 4.63. The van der Waals surface area contributed by atoms with Crippen LogP contribution < -0.4 is 15.4 Å². The number of nitrogens with zero attached hydrogens (tertiary/aromatic N) is 3. The smallest absolute Gasteiger partial charge is 0.143 e. The zero-order valence-electron chi connectivity index (χ0n) is 12.3. The molecule has 0 amide bonds. The van der Waals surface area contributed by atoms with Crippen LogP contribution in [-0.4, -0.2) is 23.6 Å². The van der Waals surface area contributed by atoms with Gasteiger partial charge in [-0.05, 0) is 26.0 Å². The fourth-order valence-electron chi connectivity index (χ4n) is 1.91. The van der Waals surface area contributed by atoms with Crippen molar-refractivity contribution in [2.45, 2.75) is 13.8 Å². The molecule has 1 aromatic carbocycles. The molecule has 0 aliphatic carbocycles. The van der Waals surface area contributed by atoms with Gasteiger partial charge in [0.05, 0.1) is 24.4 Å². The highest BCUT2D eigenvalue weighted by molar-refractivity contribution is 5.67.